The fraction of sp³-hybridized carbons (Fsp3) is 0.353. The van der Waals surface area contributed by atoms with Crippen molar-refractivity contribution in [3.05, 3.63) is 42.4 Å². The maximum Gasteiger partial charge on any atom is 0.227 e. The molecule has 1 saturated heterocycles. The van der Waals surface area contributed by atoms with Gasteiger partial charge >= 0.3 is 0 Å². The minimum absolute atomic E-state index is 0. The molecule has 1 aliphatic rings. The lowest BCUT2D eigenvalue weighted by Gasteiger charge is -2.06. The summed E-state index contributed by atoms with van der Waals surface area (Å²) in [4.78, 5) is 8.95. The molecule has 0 spiro atoms. The molecule has 1 aliphatic heterocycles. The summed E-state index contributed by atoms with van der Waals surface area (Å²) in [6.45, 7) is 1.12. The Kier molecular flexibility index (Phi) is 4.88. The van der Waals surface area contributed by atoms with Crippen molar-refractivity contribution in [3.8, 4) is 11.5 Å². The highest BCUT2D eigenvalue weighted by Crippen LogP contribution is 2.24. The van der Waals surface area contributed by atoms with Gasteiger partial charge in [0.2, 0.25) is 11.7 Å². The number of rotatable bonds is 4. The van der Waals surface area contributed by atoms with Gasteiger partial charge in [-0.05, 0) is 37.3 Å². The summed E-state index contributed by atoms with van der Waals surface area (Å²) in [5.74, 6) is 1.27. The third-order valence-electron chi connectivity index (χ3n) is 4.22. The molecule has 4 rings (SSSR count). The van der Waals surface area contributed by atoms with Crippen molar-refractivity contribution >= 4 is 23.2 Å². The van der Waals surface area contributed by atoms with Gasteiger partial charge in [-0.3, -0.25) is 4.98 Å². The minimum Gasteiger partial charge on any atom is -0.339 e. The second-order valence-corrected chi connectivity index (χ2v) is 5.72. The van der Waals surface area contributed by atoms with Crippen LogP contribution >= 0.6 is 12.4 Å². The van der Waals surface area contributed by atoms with Gasteiger partial charge in [0.1, 0.15) is 5.69 Å². The molecule has 0 aliphatic carbocycles. The topological polar surface area (TPSA) is 63.8 Å². The zero-order valence-corrected chi connectivity index (χ0v) is 13.6. The molecule has 1 aromatic carbocycles. The quantitative estimate of drug-likeness (QED) is 0.794. The Bertz CT molecular complexity index is 778. The van der Waals surface area contributed by atoms with Crippen molar-refractivity contribution in [2.24, 2.45) is 0 Å². The van der Waals surface area contributed by atoms with Gasteiger partial charge in [0.25, 0.3) is 0 Å². The Balaban J connectivity index is 0.00000156. The number of aryl methyl sites for hydroxylation is 1. The number of hydrogen-bond acceptors (Lipinski definition) is 5. The molecule has 3 heterocycles. The maximum absolute atomic E-state index is 5.40. The Hall–Kier alpha value is -1.98. The number of hydrogen-bond donors (Lipinski definition) is 1. The highest BCUT2D eigenvalue weighted by atomic mass is 35.5. The maximum atomic E-state index is 5.40. The van der Waals surface area contributed by atoms with Gasteiger partial charge in [0.05, 0.1) is 0 Å². The lowest BCUT2D eigenvalue weighted by Crippen LogP contribution is -2.21. The van der Waals surface area contributed by atoms with E-state index in [2.05, 4.69) is 26.5 Å². The van der Waals surface area contributed by atoms with E-state index < -0.39 is 0 Å². The van der Waals surface area contributed by atoms with Crippen LogP contribution in [0.4, 0.5) is 0 Å². The Morgan fingerprint density at radius 1 is 1.22 bits per heavy atom. The third-order valence-corrected chi connectivity index (χ3v) is 4.22. The summed E-state index contributed by atoms with van der Waals surface area (Å²) in [5, 5.41) is 9.78. The van der Waals surface area contributed by atoms with Crippen molar-refractivity contribution in [1.82, 2.24) is 20.4 Å². The van der Waals surface area contributed by atoms with E-state index in [1.54, 1.807) is 6.20 Å². The molecule has 0 radical (unpaired) electrons. The van der Waals surface area contributed by atoms with Crippen molar-refractivity contribution in [3.63, 3.8) is 0 Å². The van der Waals surface area contributed by atoms with Crippen LogP contribution in [0.5, 0.6) is 0 Å². The lowest BCUT2D eigenvalue weighted by molar-refractivity contribution is 0.368. The fourth-order valence-corrected chi connectivity index (χ4v) is 3.05. The van der Waals surface area contributed by atoms with E-state index in [9.17, 15) is 0 Å². The monoisotopic (exact) mass is 330 g/mol. The Labute approximate surface area is 140 Å². The van der Waals surface area contributed by atoms with Crippen molar-refractivity contribution < 1.29 is 4.52 Å². The summed E-state index contributed by atoms with van der Waals surface area (Å²) in [6, 6.07) is 10.7. The summed E-state index contributed by atoms with van der Waals surface area (Å²) in [6.07, 6.45) is 6.15. The normalized spacial score (nSPS) is 17.3. The van der Waals surface area contributed by atoms with Gasteiger partial charge in [-0.15, -0.1) is 12.4 Å². The Morgan fingerprint density at radius 3 is 3.00 bits per heavy atom. The van der Waals surface area contributed by atoms with Gasteiger partial charge in [0.15, 0.2) is 0 Å². The standard InChI is InChI=1S/C17H18N4O.ClH/c1-2-6-14-12(4-1)9-11-19-16(14)17-20-15(22-21-17)8-7-13-5-3-10-18-13;/h1-2,4,6,9,11,13,18H,3,5,7-8,10H2;1H. The fourth-order valence-electron chi connectivity index (χ4n) is 3.05. The van der Waals surface area contributed by atoms with Crippen LogP contribution in [-0.2, 0) is 6.42 Å². The second-order valence-electron chi connectivity index (χ2n) is 5.72. The van der Waals surface area contributed by atoms with Gasteiger partial charge in [-0.25, -0.2) is 0 Å². The van der Waals surface area contributed by atoms with Crippen LogP contribution in [0.15, 0.2) is 41.1 Å². The molecule has 120 valence electrons. The SMILES string of the molecule is Cl.c1ccc2c(-c3noc(CCC4CCCN4)n3)nccc2c1. The lowest BCUT2D eigenvalue weighted by atomic mass is 10.1. The molecule has 0 saturated carbocycles. The third kappa shape index (κ3) is 3.35. The van der Waals surface area contributed by atoms with Crippen LogP contribution in [0.1, 0.15) is 25.2 Å². The molecule has 3 aromatic rings. The van der Waals surface area contributed by atoms with E-state index in [1.165, 1.54) is 12.8 Å². The van der Waals surface area contributed by atoms with Crippen LogP contribution in [0, 0.1) is 0 Å². The van der Waals surface area contributed by atoms with E-state index in [1.807, 2.05) is 24.3 Å². The van der Waals surface area contributed by atoms with Crippen LogP contribution in [0.25, 0.3) is 22.3 Å². The van der Waals surface area contributed by atoms with Crippen molar-refractivity contribution in [1.29, 1.82) is 0 Å². The first kappa shape index (κ1) is 15.9. The van der Waals surface area contributed by atoms with E-state index in [0.717, 1.165) is 35.9 Å². The number of pyridine rings is 1. The first-order valence-corrected chi connectivity index (χ1v) is 7.80. The predicted molar refractivity (Wildman–Crippen MR) is 91.6 cm³/mol. The predicted octanol–water partition coefficient (Wildman–Crippen LogP) is 3.39. The van der Waals surface area contributed by atoms with Crippen LogP contribution in [0.2, 0.25) is 0 Å². The highest BCUT2D eigenvalue weighted by Gasteiger charge is 2.17. The molecule has 5 nitrogen and oxygen atoms in total. The van der Waals surface area contributed by atoms with E-state index in [-0.39, 0.29) is 12.4 Å². The molecule has 23 heavy (non-hydrogen) atoms. The number of benzene rings is 1. The van der Waals surface area contributed by atoms with Crippen LogP contribution < -0.4 is 5.32 Å². The summed E-state index contributed by atoms with van der Waals surface area (Å²) < 4.78 is 5.40. The molecule has 2 aromatic heterocycles. The summed E-state index contributed by atoms with van der Waals surface area (Å²) in [5.41, 5.74) is 0.784. The zero-order chi connectivity index (χ0) is 14.8. The van der Waals surface area contributed by atoms with E-state index in [0.29, 0.717) is 17.8 Å². The van der Waals surface area contributed by atoms with Gasteiger partial charge in [0, 0.05) is 24.0 Å². The molecule has 0 amide bonds. The first-order valence-electron chi connectivity index (χ1n) is 7.80. The molecule has 1 atom stereocenters. The zero-order valence-electron chi connectivity index (χ0n) is 12.7. The van der Waals surface area contributed by atoms with Crippen LogP contribution in [-0.4, -0.2) is 27.7 Å². The molecule has 1 N–H and O–H groups in total. The smallest absolute Gasteiger partial charge is 0.227 e. The molecule has 1 unspecified atom stereocenters. The van der Waals surface area contributed by atoms with E-state index >= 15 is 0 Å². The first-order chi connectivity index (χ1) is 10.9. The van der Waals surface area contributed by atoms with E-state index in [4.69, 9.17) is 4.52 Å². The largest absolute Gasteiger partial charge is 0.339 e. The summed E-state index contributed by atoms with van der Waals surface area (Å²) in [7, 11) is 0. The molecule has 0 bridgehead atoms. The highest BCUT2D eigenvalue weighted by molar-refractivity contribution is 5.92. The summed E-state index contributed by atoms with van der Waals surface area (Å²) >= 11 is 0. The van der Waals surface area contributed by atoms with Gasteiger partial charge in [-0.1, -0.05) is 29.4 Å². The molecule has 1 fully saturated rings. The Morgan fingerprint density at radius 2 is 2.13 bits per heavy atom. The number of aromatic nitrogens is 3. The number of fused-ring (bicyclic) bond motifs is 1. The van der Waals surface area contributed by atoms with Crippen molar-refractivity contribution in [2.45, 2.75) is 31.7 Å². The average Bonchev–Trinajstić information content (AvgIpc) is 3.24. The van der Waals surface area contributed by atoms with Crippen LogP contribution in [0.3, 0.4) is 0 Å². The molecule has 6 heteroatoms. The van der Waals surface area contributed by atoms with Gasteiger partial charge in [-0.2, -0.15) is 4.98 Å². The minimum atomic E-state index is 0. The molecular weight excluding hydrogens is 312 g/mol. The van der Waals surface area contributed by atoms with Gasteiger partial charge < -0.3 is 9.84 Å². The number of nitrogens with one attached hydrogen (secondary N) is 1. The number of halogens is 1. The van der Waals surface area contributed by atoms with Crippen molar-refractivity contribution in [2.75, 3.05) is 6.54 Å². The second kappa shape index (κ2) is 7.06. The average molecular weight is 331 g/mol. The number of nitrogens with zero attached hydrogens (tertiary/aromatic N) is 3. The molecular formula is C17H19ClN4O.